The van der Waals surface area contributed by atoms with Crippen molar-refractivity contribution in [1.29, 1.82) is 0 Å². The second-order valence-corrected chi connectivity index (χ2v) is 3.25. The molecule has 1 fully saturated rings. The smallest absolute Gasteiger partial charge is 0.117 e. The molecule has 1 rings (SSSR count). The van der Waals surface area contributed by atoms with E-state index in [1.165, 1.54) is 12.8 Å². The van der Waals surface area contributed by atoms with Crippen molar-refractivity contribution in [2.75, 3.05) is 0 Å². The summed E-state index contributed by atoms with van der Waals surface area (Å²) in [7, 11) is 0. The lowest BCUT2D eigenvalue weighted by Gasteiger charge is -2.04. The molecule has 0 amide bonds. The minimum Gasteiger partial charge on any atom is -0.380 e. The molecule has 0 saturated heterocycles. The molecule has 0 aromatic carbocycles. The van der Waals surface area contributed by atoms with Crippen molar-refractivity contribution < 1.29 is 5.11 Å². The van der Waals surface area contributed by atoms with Crippen molar-refractivity contribution in [2.24, 2.45) is 11.8 Å². The zero-order valence-corrected chi connectivity index (χ0v) is 6.59. The van der Waals surface area contributed by atoms with Crippen molar-refractivity contribution in [3.63, 3.8) is 0 Å². The van der Waals surface area contributed by atoms with E-state index < -0.39 is 6.10 Å². The highest BCUT2D eigenvalue weighted by Crippen LogP contribution is 2.27. The second-order valence-electron chi connectivity index (χ2n) is 3.25. The van der Waals surface area contributed by atoms with Gasteiger partial charge in [-0.15, -0.1) is 0 Å². The van der Waals surface area contributed by atoms with Gasteiger partial charge < -0.3 is 5.11 Å². The fourth-order valence-electron chi connectivity index (χ4n) is 0.598. The second kappa shape index (κ2) is 3.07. The third kappa shape index (κ3) is 2.41. The van der Waals surface area contributed by atoms with Crippen LogP contribution in [0.25, 0.3) is 0 Å². The summed E-state index contributed by atoms with van der Waals surface area (Å²) in [5.41, 5.74) is 0. The van der Waals surface area contributed by atoms with Gasteiger partial charge in [0, 0.05) is 5.92 Å². The van der Waals surface area contributed by atoms with E-state index in [2.05, 4.69) is 11.8 Å². The zero-order valence-electron chi connectivity index (χ0n) is 6.59. The predicted octanol–water partition coefficient (Wildman–Crippen LogP) is 1.42. The van der Waals surface area contributed by atoms with E-state index in [1.54, 1.807) is 0 Å². The fourth-order valence-corrected chi connectivity index (χ4v) is 0.598. The Hall–Kier alpha value is -0.480. The molecule has 0 aromatic rings. The van der Waals surface area contributed by atoms with E-state index in [-0.39, 0.29) is 5.92 Å². The summed E-state index contributed by atoms with van der Waals surface area (Å²) in [6.07, 6.45) is 2.05. The first-order valence-electron chi connectivity index (χ1n) is 3.89. The SMILES string of the molecule is CC(C)C(O)C#CC1CC1. The molecule has 1 aliphatic rings. The highest BCUT2D eigenvalue weighted by molar-refractivity contribution is 5.12. The molecule has 0 aliphatic heterocycles. The first-order valence-corrected chi connectivity index (χ1v) is 3.89. The van der Waals surface area contributed by atoms with Crippen molar-refractivity contribution in [2.45, 2.75) is 32.8 Å². The molecule has 0 heterocycles. The van der Waals surface area contributed by atoms with Crippen LogP contribution in [0.3, 0.4) is 0 Å². The molecular weight excluding hydrogens is 124 g/mol. The quantitative estimate of drug-likeness (QED) is 0.543. The molecule has 0 bridgehead atoms. The van der Waals surface area contributed by atoms with E-state index in [0.29, 0.717) is 5.92 Å². The largest absolute Gasteiger partial charge is 0.380 e. The average Bonchev–Trinajstić information content (AvgIpc) is 2.64. The Bertz CT molecular complexity index is 157. The van der Waals surface area contributed by atoms with Crippen LogP contribution in [0.5, 0.6) is 0 Å². The maximum Gasteiger partial charge on any atom is 0.117 e. The first kappa shape index (κ1) is 7.63. The minimum absolute atomic E-state index is 0.270. The van der Waals surface area contributed by atoms with Gasteiger partial charge in [0.1, 0.15) is 6.10 Å². The Kier molecular flexibility index (Phi) is 2.34. The van der Waals surface area contributed by atoms with Gasteiger partial charge in [-0.05, 0) is 18.8 Å². The predicted molar refractivity (Wildman–Crippen MR) is 41.3 cm³/mol. The van der Waals surface area contributed by atoms with Crippen LogP contribution in [0.4, 0.5) is 0 Å². The summed E-state index contributed by atoms with van der Waals surface area (Å²) in [6, 6.07) is 0. The number of aliphatic hydroxyl groups excluding tert-OH is 1. The van der Waals surface area contributed by atoms with Gasteiger partial charge >= 0.3 is 0 Å². The molecular formula is C9H14O. The van der Waals surface area contributed by atoms with Crippen molar-refractivity contribution in [3.8, 4) is 11.8 Å². The van der Waals surface area contributed by atoms with Crippen LogP contribution in [-0.2, 0) is 0 Å². The molecule has 0 spiro atoms. The lowest BCUT2D eigenvalue weighted by Crippen LogP contribution is -2.11. The van der Waals surface area contributed by atoms with Crippen LogP contribution in [0.15, 0.2) is 0 Å². The van der Waals surface area contributed by atoms with Gasteiger partial charge in [-0.1, -0.05) is 25.7 Å². The van der Waals surface area contributed by atoms with Gasteiger partial charge in [0.05, 0.1) is 0 Å². The Balaban J connectivity index is 2.29. The molecule has 1 aliphatic carbocycles. The number of aliphatic hydroxyl groups is 1. The van der Waals surface area contributed by atoms with Crippen LogP contribution in [0.2, 0.25) is 0 Å². The summed E-state index contributed by atoms with van der Waals surface area (Å²) in [5.74, 6) is 6.76. The number of rotatable bonds is 1. The van der Waals surface area contributed by atoms with Crippen molar-refractivity contribution in [1.82, 2.24) is 0 Å². The highest BCUT2D eigenvalue weighted by Gasteiger charge is 2.18. The fraction of sp³-hybridized carbons (Fsp3) is 0.778. The summed E-state index contributed by atoms with van der Waals surface area (Å²) in [4.78, 5) is 0. The Labute approximate surface area is 62.4 Å². The maximum absolute atomic E-state index is 9.23. The molecule has 1 saturated carbocycles. The lowest BCUT2D eigenvalue weighted by molar-refractivity contribution is 0.181. The average molecular weight is 138 g/mol. The topological polar surface area (TPSA) is 20.2 Å². The van der Waals surface area contributed by atoms with E-state index in [0.717, 1.165) is 0 Å². The van der Waals surface area contributed by atoms with Crippen LogP contribution < -0.4 is 0 Å². The van der Waals surface area contributed by atoms with Crippen molar-refractivity contribution in [3.05, 3.63) is 0 Å². The van der Waals surface area contributed by atoms with Gasteiger partial charge in [-0.2, -0.15) is 0 Å². The van der Waals surface area contributed by atoms with Crippen LogP contribution in [0, 0.1) is 23.7 Å². The van der Waals surface area contributed by atoms with E-state index in [1.807, 2.05) is 13.8 Å². The van der Waals surface area contributed by atoms with Crippen LogP contribution in [0.1, 0.15) is 26.7 Å². The molecule has 0 aromatic heterocycles. The van der Waals surface area contributed by atoms with Gasteiger partial charge in [0.15, 0.2) is 0 Å². The molecule has 1 unspecified atom stereocenters. The minimum atomic E-state index is -0.416. The Morgan fingerprint density at radius 2 is 2.00 bits per heavy atom. The van der Waals surface area contributed by atoms with E-state index in [4.69, 9.17) is 0 Å². The molecule has 10 heavy (non-hydrogen) atoms. The number of hydrogen-bond acceptors (Lipinski definition) is 1. The standard InChI is InChI=1S/C9H14O/c1-7(2)9(10)6-5-8-3-4-8/h7-10H,3-4H2,1-2H3. The van der Waals surface area contributed by atoms with Gasteiger partial charge in [-0.3, -0.25) is 0 Å². The highest BCUT2D eigenvalue weighted by atomic mass is 16.3. The summed E-state index contributed by atoms with van der Waals surface area (Å²) < 4.78 is 0. The third-order valence-corrected chi connectivity index (χ3v) is 1.64. The van der Waals surface area contributed by atoms with E-state index >= 15 is 0 Å². The Morgan fingerprint density at radius 3 is 2.40 bits per heavy atom. The monoisotopic (exact) mass is 138 g/mol. The number of hydrogen-bond donors (Lipinski definition) is 1. The summed E-state index contributed by atoms with van der Waals surface area (Å²) >= 11 is 0. The third-order valence-electron chi connectivity index (χ3n) is 1.64. The molecule has 1 heteroatoms. The Morgan fingerprint density at radius 1 is 1.40 bits per heavy atom. The molecule has 0 radical (unpaired) electrons. The molecule has 1 atom stereocenters. The molecule has 1 N–H and O–H groups in total. The van der Waals surface area contributed by atoms with Crippen LogP contribution in [-0.4, -0.2) is 11.2 Å². The van der Waals surface area contributed by atoms with Crippen LogP contribution >= 0.6 is 0 Å². The molecule has 56 valence electrons. The van der Waals surface area contributed by atoms with Crippen molar-refractivity contribution >= 4 is 0 Å². The summed E-state index contributed by atoms with van der Waals surface area (Å²) in [5, 5.41) is 9.23. The van der Waals surface area contributed by atoms with Gasteiger partial charge in [-0.25, -0.2) is 0 Å². The van der Waals surface area contributed by atoms with Gasteiger partial charge in [0.25, 0.3) is 0 Å². The lowest BCUT2D eigenvalue weighted by atomic mass is 10.1. The van der Waals surface area contributed by atoms with Gasteiger partial charge in [0.2, 0.25) is 0 Å². The zero-order chi connectivity index (χ0) is 7.56. The summed E-state index contributed by atoms with van der Waals surface area (Å²) in [6.45, 7) is 3.96. The van der Waals surface area contributed by atoms with E-state index in [9.17, 15) is 5.11 Å². The molecule has 1 nitrogen and oxygen atoms in total. The maximum atomic E-state index is 9.23. The first-order chi connectivity index (χ1) is 4.70. The normalized spacial score (nSPS) is 20.0.